The van der Waals surface area contributed by atoms with E-state index >= 15 is 0 Å². The number of hydrogen-bond donors (Lipinski definition) is 10. The van der Waals surface area contributed by atoms with Crippen molar-refractivity contribution in [2.24, 2.45) is 11.5 Å². The monoisotopic (exact) mass is 1160 g/mol. The van der Waals surface area contributed by atoms with Crippen LogP contribution >= 0.6 is 23.5 Å². The van der Waals surface area contributed by atoms with Gasteiger partial charge in [0, 0.05) is 62.0 Å². The van der Waals surface area contributed by atoms with Crippen LogP contribution < -0.4 is 43.4 Å². The molecule has 0 saturated carbocycles. The number of rotatable bonds is 12. The minimum absolute atomic E-state index is 0.00595. The smallest absolute Gasteiger partial charge is 0.245 e. The van der Waals surface area contributed by atoms with E-state index in [-0.39, 0.29) is 74.9 Å². The zero-order chi connectivity index (χ0) is 58.7. The molecule has 3 aliphatic heterocycles. The van der Waals surface area contributed by atoms with E-state index in [1.807, 2.05) is 24.3 Å². The fourth-order valence-corrected chi connectivity index (χ4v) is 11.2. The van der Waals surface area contributed by atoms with Crippen LogP contribution in [0.2, 0.25) is 0 Å². The molecule has 24 heteroatoms. The van der Waals surface area contributed by atoms with Gasteiger partial charge in [0.2, 0.25) is 47.3 Å². The number of hydrogen-bond acceptors (Lipinski definition) is 14. The van der Waals surface area contributed by atoms with Gasteiger partial charge in [-0.05, 0) is 94.8 Å². The molecule has 2 bridgehead atoms. The van der Waals surface area contributed by atoms with Gasteiger partial charge in [0.1, 0.15) is 47.3 Å². The van der Waals surface area contributed by atoms with Crippen molar-refractivity contribution in [3.8, 4) is 11.5 Å². The Morgan fingerprint density at radius 2 is 0.878 bits per heavy atom. The van der Waals surface area contributed by atoms with Crippen molar-refractivity contribution in [1.29, 1.82) is 0 Å². The van der Waals surface area contributed by atoms with Crippen LogP contribution in [0.3, 0.4) is 0 Å². The highest BCUT2D eigenvalue weighted by Crippen LogP contribution is 2.23. The van der Waals surface area contributed by atoms with E-state index < -0.39 is 108 Å². The van der Waals surface area contributed by atoms with Crippen molar-refractivity contribution in [3.05, 3.63) is 166 Å². The number of phenolic OH excluding ortho intramolecular Hbond substituents is 2. The van der Waals surface area contributed by atoms with Gasteiger partial charge in [-0.25, -0.2) is 8.78 Å². The summed E-state index contributed by atoms with van der Waals surface area (Å²) in [6.07, 6.45) is -0.00356. The number of aromatic hydroxyl groups is 2. The van der Waals surface area contributed by atoms with Gasteiger partial charge in [0.05, 0.1) is 25.2 Å². The van der Waals surface area contributed by atoms with E-state index in [0.717, 1.165) is 11.1 Å². The number of halogens is 2. The molecule has 6 atom stereocenters. The Kier molecular flexibility index (Phi) is 22.6. The Morgan fingerprint density at radius 3 is 1.23 bits per heavy atom. The van der Waals surface area contributed by atoms with Crippen molar-refractivity contribution in [2.75, 3.05) is 50.8 Å². The molecule has 82 heavy (non-hydrogen) atoms. The summed E-state index contributed by atoms with van der Waals surface area (Å²) < 4.78 is 28.0. The lowest BCUT2D eigenvalue weighted by Gasteiger charge is -2.38. The van der Waals surface area contributed by atoms with Crippen molar-refractivity contribution in [3.63, 3.8) is 0 Å². The van der Waals surface area contributed by atoms with Crippen molar-refractivity contribution in [1.82, 2.24) is 41.7 Å². The number of thioether (sulfide) groups is 2. The number of phenols is 2. The van der Waals surface area contributed by atoms with Gasteiger partial charge in [-0.2, -0.15) is 23.5 Å². The van der Waals surface area contributed by atoms with Crippen LogP contribution in [0.25, 0.3) is 0 Å². The van der Waals surface area contributed by atoms with Gasteiger partial charge in [-0.3, -0.25) is 38.4 Å². The predicted molar refractivity (Wildman–Crippen MR) is 305 cm³/mol. The molecule has 0 aromatic heterocycles. The van der Waals surface area contributed by atoms with Gasteiger partial charge < -0.3 is 63.4 Å². The molecule has 5 aromatic carbocycles. The summed E-state index contributed by atoms with van der Waals surface area (Å²) >= 11 is 2.60. The number of nitrogens with one attached hydrogen (secondary N) is 6. The Bertz CT molecular complexity index is 2830. The Balaban J connectivity index is 1.14. The summed E-state index contributed by atoms with van der Waals surface area (Å²) in [4.78, 5) is 114. The lowest BCUT2D eigenvalue weighted by molar-refractivity contribution is -0.143. The fraction of sp³-hybridized carbons (Fsp3) is 0.345. The molecule has 12 N–H and O–H groups in total. The number of nitrogens with two attached hydrogens (primary N) is 2. The molecule has 1 saturated heterocycles. The molecule has 3 aliphatic rings. The van der Waals surface area contributed by atoms with Crippen molar-refractivity contribution in [2.45, 2.75) is 73.4 Å². The summed E-state index contributed by atoms with van der Waals surface area (Å²) in [7, 11) is 0. The topological polar surface area (TPSA) is 308 Å². The quantitative estimate of drug-likeness (QED) is 0.0844. The van der Waals surface area contributed by atoms with E-state index in [4.69, 9.17) is 11.5 Å². The number of carbonyl (C=O) groups is 8. The SMILES string of the molecule is N[C@@H](Cc1ccc(O)cc1)C(=O)N[C@@H]1CSCc2ccccc2CSC[C@@H](NC(=O)[C@@H](N)Cc2ccc(O)cc2)C(=O)NCC(=O)N[C@@H](Cc2ccc(F)cc2)C(=O)N2CCN(CC2)C(=O)[C@H](Cc2ccc(F)cc2)NC(=O)CNC1=O. The molecule has 8 rings (SSSR count). The van der Waals surface area contributed by atoms with Crippen LogP contribution in [-0.4, -0.2) is 154 Å². The second kappa shape index (κ2) is 30.1. The molecule has 0 spiro atoms. The fourth-order valence-electron chi connectivity index (χ4n) is 9.07. The van der Waals surface area contributed by atoms with E-state index in [0.29, 0.717) is 33.8 Å². The zero-order valence-electron chi connectivity index (χ0n) is 44.7. The first kappa shape index (κ1) is 61.6. The Morgan fingerprint density at radius 1 is 0.537 bits per heavy atom. The third kappa shape index (κ3) is 18.8. The second-order valence-electron chi connectivity index (χ2n) is 19.9. The summed E-state index contributed by atoms with van der Waals surface area (Å²) in [5.74, 6) is -5.67. The summed E-state index contributed by atoms with van der Waals surface area (Å²) in [6.45, 7) is -1.26. The molecule has 0 radical (unpaired) electrons. The highest BCUT2D eigenvalue weighted by atomic mass is 32.2. The third-order valence-electron chi connectivity index (χ3n) is 13.6. The molecule has 20 nitrogen and oxygen atoms in total. The number of piperazine rings is 1. The first-order valence-corrected chi connectivity index (χ1v) is 28.8. The van der Waals surface area contributed by atoms with Crippen molar-refractivity contribution < 1.29 is 57.4 Å². The van der Waals surface area contributed by atoms with E-state index in [1.54, 1.807) is 24.3 Å². The summed E-state index contributed by atoms with van der Waals surface area (Å²) in [6, 6.07) is 23.3. The van der Waals surface area contributed by atoms with E-state index in [9.17, 15) is 57.4 Å². The first-order valence-electron chi connectivity index (χ1n) is 26.5. The highest BCUT2D eigenvalue weighted by molar-refractivity contribution is 7.99. The molecule has 1 fully saturated rings. The number of carbonyl (C=O) groups excluding carboxylic acids is 8. The number of benzene rings is 5. The molecular weight excluding hydrogens is 1100 g/mol. The number of amides is 8. The summed E-state index contributed by atoms with van der Waals surface area (Å²) in [5.41, 5.74) is 16.6. The average molecular weight is 1170 g/mol. The lowest BCUT2D eigenvalue weighted by Crippen LogP contribution is -2.60. The standard InChI is InChI=1S/C58H66F2N10O10S2/c59-41-13-5-37(6-14-41)27-47-57(79)69-21-23-70(24-22-69)58(80)48(28-38-7-15-42(60)16-8-38)66-52(74)30-64-56(78)50(68-54(76)46(62)26-36-11-19-44(72)20-12-36)34-82-32-40-4-2-1-3-39(40)31-81-33-49(55(77)63-29-51(73)65-47)67-53(75)45(61)25-35-9-17-43(71)18-10-35/h1-20,45-50,71-72H,21-34,61-62H2,(H,63,77)(H,64,78)(H,65,73)(H,66,74)(H,67,75)(H,68,76)/t45-,46-,47-,48-,49+,50+/m0/s1. The minimum Gasteiger partial charge on any atom is -0.508 e. The van der Waals surface area contributed by atoms with Gasteiger partial charge >= 0.3 is 0 Å². The molecule has 0 unspecified atom stereocenters. The van der Waals surface area contributed by atoms with Crippen LogP contribution in [0.15, 0.2) is 121 Å². The largest absolute Gasteiger partial charge is 0.508 e. The van der Waals surface area contributed by atoms with Crippen molar-refractivity contribution >= 4 is 70.8 Å². The Hall–Kier alpha value is -8.06. The maximum absolute atomic E-state index is 14.4. The highest BCUT2D eigenvalue weighted by Gasteiger charge is 2.34. The van der Waals surface area contributed by atoms with Crippen LogP contribution in [-0.2, 0) is 75.5 Å². The van der Waals surface area contributed by atoms with Crippen LogP contribution in [0, 0.1) is 11.6 Å². The minimum atomic E-state index is -1.22. The third-order valence-corrected chi connectivity index (χ3v) is 15.8. The average Bonchev–Trinajstić information content (AvgIpc) is 3.48. The van der Waals surface area contributed by atoms with Crippen LogP contribution in [0.4, 0.5) is 8.78 Å². The predicted octanol–water partition coefficient (Wildman–Crippen LogP) is 1.32. The molecule has 0 aliphatic carbocycles. The maximum atomic E-state index is 14.4. The molecular formula is C58H66F2N10O10S2. The second-order valence-corrected chi connectivity index (χ2v) is 21.9. The molecule has 3 heterocycles. The molecule has 434 valence electrons. The molecule has 8 amide bonds. The Labute approximate surface area is 481 Å². The number of fused-ring (bicyclic) bond motifs is 22. The normalized spacial score (nSPS) is 20.1. The van der Waals surface area contributed by atoms with Gasteiger partial charge in [-0.15, -0.1) is 0 Å². The van der Waals surface area contributed by atoms with Gasteiger partial charge in [-0.1, -0.05) is 72.8 Å². The number of nitrogens with zero attached hydrogens (tertiary/aromatic N) is 2. The maximum Gasteiger partial charge on any atom is 0.245 e. The van der Waals surface area contributed by atoms with E-state index in [1.165, 1.54) is 106 Å². The first-order chi connectivity index (χ1) is 39.4. The van der Waals surface area contributed by atoms with Gasteiger partial charge in [0.25, 0.3) is 0 Å². The lowest BCUT2D eigenvalue weighted by atomic mass is 10.0. The van der Waals surface area contributed by atoms with Crippen LogP contribution in [0.1, 0.15) is 33.4 Å². The summed E-state index contributed by atoms with van der Waals surface area (Å²) in [5, 5.41) is 35.6. The molecule has 5 aromatic rings. The van der Waals surface area contributed by atoms with E-state index in [2.05, 4.69) is 31.9 Å². The van der Waals surface area contributed by atoms with Gasteiger partial charge in [0.15, 0.2) is 0 Å². The zero-order valence-corrected chi connectivity index (χ0v) is 46.3. The van der Waals surface area contributed by atoms with Crippen LogP contribution in [0.5, 0.6) is 11.5 Å².